The molecule has 1 aliphatic rings. The van der Waals surface area contributed by atoms with Crippen molar-refractivity contribution in [2.24, 2.45) is 0 Å². The second-order valence-electron chi connectivity index (χ2n) is 4.74. The van der Waals surface area contributed by atoms with E-state index in [9.17, 15) is 4.79 Å². The Morgan fingerprint density at radius 2 is 2.33 bits per heavy atom. The van der Waals surface area contributed by atoms with Crippen LogP contribution in [0, 0.1) is 0 Å². The maximum atomic E-state index is 11.3. The minimum atomic E-state index is 0.0867. The average molecular weight is 264 g/mol. The van der Waals surface area contributed by atoms with E-state index >= 15 is 0 Å². The number of hydrogen-bond acceptors (Lipinski definition) is 3. The van der Waals surface area contributed by atoms with E-state index in [0.717, 1.165) is 16.3 Å². The molecule has 0 aromatic heterocycles. The molecule has 18 heavy (non-hydrogen) atoms. The van der Waals surface area contributed by atoms with Gasteiger partial charge in [0.2, 0.25) is 5.91 Å². The Labute approximate surface area is 113 Å². The monoisotopic (exact) mass is 264 g/mol. The van der Waals surface area contributed by atoms with Crippen LogP contribution in [0.15, 0.2) is 23.1 Å². The summed E-state index contributed by atoms with van der Waals surface area (Å²) < 4.78 is 0. The van der Waals surface area contributed by atoms with Crippen molar-refractivity contribution < 1.29 is 4.79 Å². The minimum absolute atomic E-state index is 0.0867. The Morgan fingerprint density at radius 1 is 1.50 bits per heavy atom. The number of fused-ring (bicyclic) bond motifs is 1. The number of hydrogen-bond donors (Lipinski definition) is 2. The van der Waals surface area contributed by atoms with Crippen LogP contribution < -0.4 is 10.6 Å². The second kappa shape index (κ2) is 6.14. The van der Waals surface area contributed by atoms with E-state index < -0.39 is 0 Å². The molecule has 0 fully saturated rings. The van der Waals surface area contributed by atoms with E-state index in [0.29, 0.717) is 11.8 Å². The fourth-order valence-electron chi connectivity index (χ4n) is 2.04. The maximum Gasteiger partial charge on any atom is 0.234 e. The summed E-state index contributed by atoms with van der Waals surface area (Å²) in [5.74, 6) is 0.607. The van der Waals surface area contributed by atoms with E-state index in [1.54, 1.807) is 11.8 Å². The molecule has 3 nitrogen and oxygen atoms in total. The van der Waals surface area contributed by atoms with Crippen molar-refractivity contribution in [1.29, 1.82) is 0 Å². The molecule has 0 spiro atoms. The van der Waals surface area contributed by atoms with Crippen LogP contribution in [-0.4, -0.2) is 17.7 Å². The molecule has 1 unspecified atom stereocenters. The highest BCUT2D eigenvalue weighted by Crippen LogP contribution is 2.33. The summed E-state index contributed by atoms with van der Waals surface area (Å²) in [6, 6.07) is 6.66. The molecule has 98 valence electrons. The number of benzene rings is 1. The van der Waals surface area contributed by atoms with Crippen LogP contribution in [0.3, 0.4) is 0 Å². The normalized spacial score (nSPS) is 15.8. The number of thioether (sulfide) groups is 1. The highest BCUT2D eigenvalue weighted by Gasteiger charge is 2.15. The first-order chi connectivity index (χ1) is 8.69. The van der Waals surface area contributed by atoms with E-state index in [-0.39, 0.29) is 5.91 Å². The fraction of sp³-hybridized carbons (Fsp3) is 0.500. The predicted molar refractivity (Wildman–Crippen MR) is 78.4 cm³/mol. The van der Waals surface area contributed by atoms with Crippen molar-refractivity contribution in [2.75, 3.05) is 16.4 Å². The molecule has 0 saturated carbocycles. The molecule has 2 N–H and O–H groups in total. The Morgan fingerprint density at radius 3 is 3.11 bits per heavy atom. The number of unbranched alkanes of at least 4 members (excludes halogenated alkanes) is 1. The second-order valence-corrected chi connectivity index (χ2v) is 5.75. The minimum Gasteiger partial charge on any atom is -0.383 e. The van der Waals surface area contributed by atoms with Crippen LogP contribution in [0.1, 0.15) is 33.1 Å². The summed E-state index contributed by atoms with van der Waals surface area (Å²) in [6.07, 6.45) is 3.64. The van der Waals surface area contributed by atoms with E-state index in [1.165, 1.54) is 19.3 Å². The van der Waals surface area contributed by atoms with Gasteiger partial charge in [0, 0.05) is 16.6 Å². The first-order valence-corrected chi connectivity index (χ1v) is 7.51. The van der Waals surface area contributed by atoms with Crippen molar-refractivity contribution in [2.45, 2.75) is 44.0 Å². The third kappa shape index (κ3) is 3.42. The van der Waals surface area contributed by atoms with Crippen LogP contribution in [0.25, 0.3) is 0 Å². The van der Waals surface area contributed by atoms with E-state index in [4.69, 9.17) is 0 Å². The van der Waals surface area contributed by atoms with E-state index in [1.807, 2.05) is 6.07 Å². The van der Waals surface area contributed by atoms with Gasteiger partial charge in [0.15, 0.2) is 0 Å². The van der Waals surface area contributed by atoms with Gasteiger partial charge in [-0.05, 0) is 31.5 Å². The van der Waals surface area contributed by atoms with Gasteiger partial charge < -0.3 is 10.6 Å². The summed E-state index contributed by atoms with van der Waals surface area (Å²) in [5.41, 5.74) is 2.02. The van der Waals surface area contributed by atoms with Gasteiger partial charge in [-0.2, -0.15) is 0 Å². The lowest BCUT2D eigenvalue weighted by Crippen LogP contribution is -2.19. The van der Waals surface area contributed by atoms with Crippen molar-refractivity contribution in [3.63, 3.8) is 0 Å². The maximum absolute atomic E-state index is 11.3. The lowest BCUT2D eigenvalue weighted by molar-refractivity contribution is -0.113. The molecule has 1 aromatic rings. The zero-order valence-electron chi connectivity index (χ0n) is 11.0. The van der Waals surface area contributed by atoms with Gasteiger partial charge in [-0.3, -0.25) is 4.79 Å². The van der Waals surface area contributed by atoms with Gasteiger partial charge in [-0.25, -0.2) is 0 Å². The Hall–Kier alpha value is -1.16. The average Bonchev–Trinajstić information content (AvgIpc) is 2.36. The van der Waals surface area contributed by atoms with Gasteiger partial charge in [0.25, 0.3) is 0 Å². The van der Waals surface area contributed by atoms with Crippen LogP contribution in [0.5, 0.6) is 0 Å². The zero-order chi connectivity index (χ0) is 13.0. The van der Waals surface area contributed by atoms with Crippen molar-refractivity contribution in [3.8, 4) is 0 Å². The predicted octanol–water partition coefficient (Wildman–Crippen LogP) is 3.72. The summed E-state index contributed by atoms with van der Waals surface area (Å²) >= 11 is 1.60. The molecule has 2 rings (SSSR count). The Bertz CT molecular complexity index is 434. The molecule has 0 saturated heterocycles. The molecular formula is C14H20N2OS. The largest absolute Gasteiger partial charge is 0.383 e. The van der Waals surface area contributed by atoms with Crippen LogP contribution in [0.2, 0.25) is 0 Å². The summed E-state index contributed by atoms with van der Waals surface area (Å²) in [6.45, 7) is 4.40. The molecule has 0 bridgehead atoms. The number of carbonyl (C=O) groups is 1. The Kier molecular flexibility index (Phi) is 4.53. The molecule has 1 amide bonds. The number of carbonyl (C=O) groups excluding carboxylic acids is 1. The standard InChI is InChI=1S/C14H20N2OS/c1-3-4-5-10(2)15-11-6-7-13-12(8-11)16-14(17)9-18-13/h6-8,10,15H,3-5,9H2,1-2H3,(H,16,17). The van der Waals surface area contributed by atoms with Crippen molar-refractivity contribution in [3.05, 3.63) is 18.2 Å². The molecule has 0 radical (unpaired) electrons. The molecule has 1 aliphatic heterocycles. The van der Waals surface area contributed by atoms with Crippen LogP contribution in [-0.2, 0) is 4.79 Å². The number of nitrogens with one attached hydrogen (secondary N) is 2. The van der Waals surface area contributed by atoms with Crippen LogP contribution in [0.4, 0.5) is 11.4 Å². The van der Waals surface area contributed by atoms with Gasteiger partial charge in [-0.15, -0.1) is 11.8 Å². The van der Waals surface area contributed by atoms with Crippen molar-refractivity contribution in [1.82, 2.24) is 0 Å². The third-order valence-corrected chi connectivity index (χ3v) is 4.09. The summed E-state index contributed by atoms with van der Waals surface area (Å²) in [7, 11) is 0. The molecule has 1 aromatic carbocycles. The zero-order valence-corrected chi connectivity index (χ0v) is 11.8. The SMILES string of the molecule is CCCCC(C)Nc1ccc2c(c1)NC(=O)CS2. The number of amides is 1. The molecular weight excluding hydrogens is 244 g/mol. The van der Waals surface area contributed by atoms with Gasteiger partial charge in [-0.1, -0.05) is 19.8 Å². The van der Waals surface area contributed by atoms with Gasteiger partial charge >= 0.3 is 0 Å². The number of anilines is 2. The lowest BCUT2D eigenvalue weighted by Gasteiger charge is -2.19. The lowest BCUT2D eigenvalue weighted by atomic mass is 10.1. The fourth-order valence-corrected chi connectivity index (χ4v) is 2.83. The quantitative estimate of drug-likeness (QED) is 0.851. The van der Waals surface area contributed by atoms with Crippen LogP contribution >= 0.6 is 11.8 Å². The number of rotatable bonds is 5. The molecule has 1 heterocycles. The third-order valence-electron chi connectivity index (χ3n) is 3.02. The molecule has 0 aliphatic carbocycles. The summed E-state index contributed by atoms with van der Waals surface area (Å²) in [4.78, 5) is 12.5. The first kappa shape index (κ1) is 13.3. The molecule has 4 heteroatoms. The molecule has 1 atom stereocenters. The smallest absolute Gasteiger partial charge is 0.234 e. The van der Waals surface area contributed by atoms with E-state index in [2.05, 4.69) is 36.6 Å². The summed E-state index contributed by atoms with van der Waals surface area (Å²) in [5, 5.41) is 6.40. The first-order valence-electron chi connectivity index (χ1n) is 6.52. The Balaban J connectivity index is 2.02. The highest BCUT2D eigenvalue weighted by molar-refractivity contribution is 8.00. The van der Waals surface area contributed by atoms with Crippen molar-refractivity contribution >= 4 is 29.0 Å². The highest BCUT2D eigenvalue weighted by atomic mass is 32.2. The van der Waals surface area contributed by atoms with Gasteiger partial charge in [0.05, 0.1) is 11.4 Å². The van der Waals surface area contributed by atoms with Gasteiger partial charge in [0.1, 0.15) is 0 Å². The topological polar surface area (TPSA) is 41.1 Å².